The van der Waals surface area contributed by atoms with E-state index in [1.165, 1.54) is 0 Å². The van der Waals surface area contributed by atoms with Gasteiger partial charge in [0.25, 0.3) is 0 Å². The van der Waals surface area contributed by atoms with Crippen LogP contribution in [0.5, 0.6) is 0 Å². The molecule has 1 N–H and O–H groups in total. The number of nitrogens with one attached hydrogen (secondary N) is 1. The van der Waals surface area contributed by atoms with Crippen LogP contribution in [0.2, 0.25) is 0 Å². The van der Waals surface area contributed by atoms with Crippen molar-refractivity contribution < 1.29 is 17.9 Å². The summed E-state index contributed by atoms with van der Waals surface area (Å²) < 4.78 is 34.3. The molecule has 1 saturated carbocycles. The quantitative estimate of drug-likeness (QED) is 0.538. The summed E-state index contributed by atoms with van der Waals surface area (Å²) in [5.74, 6) is -0.101. The molecule has 1 fully saturated rings. The number of carbonyl (C=O) groups is 1. The predicted molar refractivity (Wildman–Crippen MR) is 137 cm³/mol. The van der Waals surface area contributed by atoms with E-state index in [1.54, 1.807) is 18.2 Å². The first kappa shape index (κ1) is 27.2. The van der Waals surface area contributed by atoms with E-state index in [1.807, 2.05) is 56.5 Å². The van der Waals surface area contributed by atoms with Gasteiger partial charge in [-0.2, -0.15) is 0 Å². The minimum atomic E-state index is -3.68. The van der Waals surface area contributed by atoms with Gasteiger partial charge >= 0.3 is 6.03 Å². The van der Waals surface area contributed by atoms with Crippen molar-refractivity contribution in [3.63, 3.8) is 0 Å². The van der Waals surface area contributed by atoms with Crippen molar-refractivity contribution in [2.75, 3.05) is 20.3 Å². The van der Waals surface area contributed by atoms with E-state index in [0.717, 1.165) is 48.9 Å². The highest BCUT2D eigenvalue weighted by molar-refractivity contribution is 7.90. The molecule has 0 aliphatic heterocycles. The predicted octanol–water partition coefficient (Wildman–Crippen LogP) is 4.63. The number of aromatic nitrogens is 2. The normalized spacial score (nSPS) is 15.2. The second-order valence-corrected chi connectivity index (χ2v) is 12.4. The summed E-state index contributed by atoms with van der Waals surface area (Å²) in [6.45, 7) is 8.78. The highest BCUT2D eigenvalue weighted by Gasteiger charge is 2.30. The zero-order valence-corrected chi connectivity index (χ0v) is 22.5. The molecule has 0 atom stereocenters. The van der Waals surface area contributed by atoms with Gasteiger partial charge in [-0.25, -0.2) is 18.2 Å². The number of amides is 2. The Hall–Kier alpha value is -2.39. The molecule has 0 spiro atoms. The third-order valence-electron chi connectivity index (χ3n) is 6.18. The van der Waals surface area contributed by atoms with Crippen molar-refractivity contribution in [1.82, 2.24) is 19.8 Å². The van der Waals surface area contributed by atoms with Crippen LogP contribution in [0.25, 0.3) is 0 Å². The fraction of sp³-hybridized carbons (Fsp3) is 0.615. The molecule has 194 valence electrons. The van der Waals surface area contributed by atoms with E-state index in [9.17, 15) is 13.2 Å². The Kier molecular flexibility index (Phi) is 8.99. The molecule has 0 unspecified atom stereocenters. The fourth-order valence-electron chi connectivity index (χ4n) is 4.59. The van der Waals surface area contributed by atoms with Crippen LogP contribution in [0.3, 0.4) is 0 Å². The molecule has 0 bridgehead atoms. The van der Waals surface area contributed by atoms with E-state index >= 15 is 0 Å². The minimum Gasteiger partial charge on any atom is -0.383 e. The zero-order chi connectivity index (χ0) is 25.6. The number of benzene rings is 1. The number of sulfone groups is 1. The van der Waals surface area contributed by atoms with Crippen LogP contribution in [0, 0.1) is 6.92 Å². The number of ether oxygens (including phenoxy) is 1. The lowest BCUT2D eigenvalue weighted by atomic mass is 9.95. The van der Waals surface area contributed by atoms with Crippen LogP contribution in [0.4, 0.5) is 4.79 Å². The van der Waals surface area contributed by atoms with Gasteiger partial charge in [0, 0.05) is 25.2 Å². The lowest BCUT2D eigenvalue weighted by Crippen LogP contribution is -2.49. The van der Waals surface area contributed by atoms with Crippen molar-refractivity contribution in [3.8, 4) is 0 Å². The third-order valence-corrected chi connectivity index (χ3v) is 7.76. The topological polar surface area (TPSA) is 93.5 Å². The summed E-state index contributed by atoms with van der Waals surface area (Å²) in [6, 6.07) is 7.40. The zero-order valence-electron chi connectivity index (χ0n) is 21.7. The summed E-state index contributed by atoms with van der Waals surface area (Å²) in [7, 11) is -2.08. The standard InChI is InChI=1S/C26H40N4O4S/c1-20-10-9-11-21(16-20)19-35(32,33)25-27-17-23(30(25)22-12-7-6-8-13-22)18-29(14-15-34-5)24(31)28-26(2,3)4/h9-11,16-17,22H,6-8,12-15,18-19H2,1-5H3,(H,28,31). The Labute approximate surface area is 210 Å². The first-order valence-corrected chi connectivity index (χ1v) is 14.1. The lowest BCUT2D eigenvalue weighted by Gasteiger charge is -2.31. The largest absolute Gasteiger partial charge is 0.383 e. The Morgan fingerprint density at radius 2 is 1.94 bits per heavy atom. The molecule has 1 aromatic carbocycles. The van der Waals surface area contributed by atoms with Crippen LogP contribution in [-0.2, 0) is 26.9 Å². The first-order valence-electron chi connectivity index (χ1n) is 12.4. The highest BCUT2D eigenvalue weighted by Crippen LogP contribution is 2.33. The van der Waals surface area contributed by atoms with Crippen LogP contribution in [-0.4, -0.2) is 54.7 Å². The molecule has 1 aromatic heterocycles. The average molecular weight is 505 g/mol. The maximum absolute atomic E-state index is 13.6. The summed E-state index contributed by atoms with van der Waals surface area (Å²) >= 11 is 0. The fourth-order valence-corrected chi connectivity index (χ4v) is 6.12. The summed E-state index contributed by atoms with van der Waals surface area (Å²) in [5, 5.41) is 3.11. The number of rotatable bonds is 9. The summed E-state index contributed by atoms with van der Waals surface area (Å²) in [6.07, 6.45) is 6.70. The number of aryl methyl sites for hydroxylation is 1. The third kappa shape index (κ3) is 7.54. The number of carbonyl (C=O) groups excluding carboxylic acids is 1. The molecule has 35 heavy (non-hydrogen) atoms. The monoisotopic (exact) mass is 504 g/mol. The van der Waals surface area contributed by atoms with Crippen molar-refractivity contribution in [1.29, 1.82) is 0 Å². The Morgan fingerprint density at radius 1 is 1.23 bits per heavy atom. The van der Waals surface area contributed by atoms with E-state index in [-0.39, 0.29) is 29.5 Å². The van der Waals surface area contributed by atoms with Crippen molar-refractivity contribution in [2.45, 2.75) is 88.8 Å². The number of urea groups is 1. The van der Waals surface area contributed by atoms with Crippen LogP contribution < -0.4 is 5.32 Å². The maximum atomic E-state index is 13.6. The summed E-state index contributed by atoms with van der Waals surface area (Å²) in [5.41, 5.74) is 2.11. The molecule has 8 nitrogen and oxygen atoms in total. The van der Waals surface area contributed by atoms with Crippen molar-refractivity contribution >= 4 is 15.9 Å². The van der Waals surface area contributed by atoms with Crippen LogP contribution in [0.1, 0.15) is 75.7 Å². The van der Waals surface area contributed by atoms with Gasteiger partial charge in [0.2, 0.25) is 15.0 Å². The van der Waals surface area contributed by atoms with Crippen LogP contribution in [0.15, 0.2) is 35.6 Å². The van der Waals surface area contributed by atoms with E-state index in [2.05, 4.69) is 10.3 Å². The number of hydrogen-bond acceptors (Lipinski definition) is 5. The molecular formula is C26H40N4O4S. The molecule has 3 rings (SSSR count). The molecule has 1 aliphatic carbocycles. The minimum absolute atomic E-state index is 0.0542. The Bertz CT molecular complexity index is 1100. The molecule has 0 radical (unpaired) electrons. The smallest absolute Gasteiger partial charge is 0.318 e. The van der Waals surface area contributed by atoms with E-state index in [4.69, 9.17) is 4.74 Å². The van der Waals surface area contributed by atoms with Crippen molar-refractivity contribution in [3.05, 3.63) is 47.3 Å². The van der Waals surface area contributed by atoms with E-state index in [0.29, 0.717) is 13.2 Å². The molecule has 2 amide bonds. The number of imidazole rings is 1. The number of hydrogen-bond donors (Lipinski definition) is 1. The van der Waals surface area contributed by atoms with Gasteiger partial charge in [-0.3, -0.25) is 0 Å². The first-order chi connectivity index (χ1) is 16.5. The van der Waals surface area contributed by atoms with Crippen LogP contribution >= 0.6 is 0 Å². The van der Waals surface area contributed by atoms with Gasteiger partial charge in [-0.05, 0) is 46.1 Å². The second-order valence-electron chi connectivity index (χ2n) is 10.5. The number of methoxy groups -OCH3 is 1. The van der Waals surface area contributed by atoms with Gasteiger partial charge in [-0.1, -0.05) is 49.1 Å². The molecular weight excluding hydrogens is 464 g/mol. The number of nitrogens with zero attached hydrogens (tertiary/aromatic N) is 3. The molecule has 2 aromatic rings. The summed E-state index contributed by atoms with van der Waals surface area (Å²) in [4.78, 5) is 19.1. The highest BCUT2D eigenvalue weighted by atomic mass is 32.2. The lowest BCUT2D eigenvalue weighted by molar-refractivity contribution is 0.140. The van der Waals surface area contributed by atoms with Gasteiger partial charge in [0.15, 0.2) is 0 Å². The van der Waals surface area contributed by atoms with Gasteiger partial charge in [0.05, 0.1) is 30.8 Å². The van der Waals surface area contributed by atoms with Gasteiger partial charge < -0.3 is 19.5 Å². The Morgan fingerprint density at radius 3 is 2.57 bits per heavy atom. The maximum Gasteiger partial charge on any atom is 0.318 e. The van der Waals surface area contributed by atoms with Gasteiger partial charge in [0.1, 0.15) is 0 Å². The molecule has 1 aliphatic rings. The van der Waals surface area contributed by atoms with Crippen molar-refractivity contribution in [2.24, 2.45) is 0 Å². The van der Waals surface area contributed by atoms with E-state index < -0.39 is 15.4 Å². The Balaban J connectivity index is 1.97. The molecule has 1 heterocycles. The van der Waals surface area contributed by atoms with Gasteiger partial charge in [-0.15, -0.1) is 0 Å². The SMILES string of the molecule is COCCN(Cc1cnc(S(=O)(=O)Cc2cccc(C)c2)n1C1CCCCC1)C(=O)NC(C)(C)C. The molecule has 9 heteroatoms. The second kappa shape index (κ2) is 11.6. The average Bonchev–Trinajstić information content (AvgIpc) is 3.20. The molecule has 0 saturated heterocycles.